The summed E-state index contributed by atoms with van der Waals surface area (Å²) in [4.78, 5) is 25.2. The second-order valence-electron chi connectivity index (χ2n) is 5.03. The predicted molar refractivity (Wildman–Crippen MR) is 72.7 cm³/mol. The standard InChI is InChI=1S/C12H20N2O4S/c1-6-8-9(17-7(2)15)14(10(13)19-8)11(16)18-12(3,4)5/h10H,6,13H2,1-5H3. The van der Waals surface area contributed by atoms with Crippen LogP contribution in [0.3, 0.4) is 0 Å². The zero-order chi connectivity index (χ0) is 14.8. The fourth-order valence-corrected chi connectivity index (χ4v) is 2.46. The summed E-state index contributed by atoms with van der Waals surface area (Å²) in [7, 11) is 0. The maximum atomic E-state index is 12.1. The van der Waals surface area contributed by atoms with Gasteiger partial charge in [0.05, 0.1) is 0 Å². The van der Waals surface area contributed by atoms with Crippen LogP contribution in [0.4, 0.5) is 4.79 Å². The molecule has 0 aliphatic carbocycles. The van der Waals surface area contributed by atoms with Gasteiger partial charge in [-0.05, 0) is 27.2 Å². The van der Waals surface area contributed by atoms with Crippen molar-refractivity contribution in [2.24, 2.45) is 5.73 Å². The number of esters is 1. The minimum absolute atomic E-state index is 0.182. The van der Waals surface area contributed by atoms with Crippen molar-refractivity contribution in [2.75, 3.05) is 0 Å². The van der Waals surface area contributed by atoms with Crippen LogP contribution in [0.5, 0.6) is 0 Å². The third kappa shape index (κ3) is 4.14. The van der Waals surface area contributed by atoms with Gasteiger partial charge in [-0.25, -0.2) is 9.69 Å². The molecule has 0 aromatic carbocycles. The van der Waals surface area contributed by atoms with Crippen molar-refractivity contribution in [1.82, 2.24) is 4.90 Å². The van der Waals surface area contributed by atoms with Gasteiger partial charge in [0.1, 0.15) is 11.1 Å². The van der Waals surface area contributed by atoms with Crippen molar-refractivity contribution in [1.29, 1.82) is 0 Å². The summed E-state index contributed by atoms with van der Waals surface area (Å²) in [5, 5.41) is 0. The predicted octanol–water partition coefficient (Wildman–Crippen LogP) is 2.35. The molecule has 1 aliphatic rings. The summed E-state index contributed by atoms with van der Waals surface area (Å²) in [5.41, 5.74) is 4.61. The fraction of sp³-hybridized carbons (Fsp3) is 0.667. The molecule has 0 radical (unpaired) electrons. The van der Waals surface area contributed by atoms with E-state index in [4.69, 9.17) is 15.2 Å². The largest absolute Gasteiger partial charge is 0.443 e. The van der Waals surface area contributed by atoms with Crippen LogP contribution >= 0.6 is 11.8 Å². The van der Waals surface area contributed by atoms with Crippen LogP contribution in [0, 0.1) is 0 Å². The van der Waals surface area contributed by atoms with E-state index in [1.807, 2.05) is 6.92 Å². The number of thioether (sulfide) groups is 1. The number of hydrogen-bond donors (Lipinski definition) is 1. The van der Waals surface area contributed by atoms with E-state index in [0.29, 0.717) is 6.42 Å². The molecule has 19 heavy (non-hydrogen) atoms. The number of amides is 1. The van der Waals surface area contributed by atoms with Crippen LogP contribution in [0.1, 0.15) is 41.0 Å². The highest BCUT2D eigenvalue weighted by Crippen LogP contribution is 2.38. The Morgan fingerprint density at radius 2 is 2.00 bits per heavy atom. The first kappa shape index (κ1) is 15.8. The number of allylic oxidation sites excluding steroid dienone is 1. The van der Waals surface area contributed by atoms with Gasteiger partial charge in [-0.15, -0.1) is 0 Å². The number of hydrogen-bond acceptors (Lipinski definition) is 6. The molecule has 1 atom stereocenters. The van der Waals surface area contributed by atoms with Gasteiger partial charge >= 0.3 is 12.1 Å². The van der Waals surface area contributed by atoms with Gasteiger partial charge < -0.3 is 15.2 Å². The lowest BCUT2D eigenvalue weighted by Gasteiger charge is -2.27. The molecule has 2 N–H and O–H groups in total. The van der Waals surface area contributed by atoms with Crippen LogP contribution in [0.2, 0.25) is 0 Å². The number of rotatable bonds is 2. The van der Waals surface area contributed by atoms with Crippen molar-refractivity contribution >= 4 is 23.8 Å². The van der Waals surface area contributed by atoms with Crippen molar-refractivity contribution in [3.05, 3.63) is 10.8 Å². The molecule has 1 unspecified atom stereocenters. The van der Waals surface area contributed by atoms with Crippen LogP contribution in [0.15, 0.2) is 10.8 Å². The van der Waals surface area contributed by atoms with E-state index in [2.05, 4.69) is 0 Å². The van der Waals surface area contributed by atoms with Crippen molar-refractivity contribution in [3.63, 3.8) is 0 Å². The molecule has 1 aliphatic heterocycles. The third-order valence-corrected chi connectivity index (χ3v) is 3.33. The van der Waals surface area contributed by atoms with Gasteiger partial charge in [0.15, 0.2) is 0 Å². The minimum Gasteiger partial charge on any atom is -0.443 e. The van der Waals surface area contributed by atoms with Gasteiger partial charge in [-0.2, -0.15) is 0 Å². The summed E-state index contributed by atoms with van der Waals surface area (Å²) in [6, 6.07) is 0. The van der Waals surface area contributed by atoms with Crippen molar-refractivity contribution < 1.29 is 19.1 Å². The summed E-state index contributed by atoms with van der Waals surface area (Å²) in [6.45, 7) is 8.46. The van der Waals surface area contributed by atoms with E-state index in [0.717, 1.165) is 4.91 Å². The SMILES string of the molecule is CCC1=C(OC(C)=O)N(C(=O)OC(C)(C)C)C(N)S1. The molecule has 6 nitrogen and oxygen atoms in total. The van der Waals surface area contributed by atoms with E-state index in [1.54, 1.807) is 20.8 Å². The average Bonchev–Trinajstić information content (AvgIpc) is 2.51. The molecule has 0 aromatic rings. The first-order valence-corrected chi connectivity index (χ1v) is 6.89. The maximum Gasteiger partial charge on any atom is 0.419 e. The van der Waals surface area contributed by atoms with Crippen molar-refractivity contribution in [3.8, 4) is 0 Å². The summed E-state index contributed by atoms with van der Waals surface area (Å²) >= 11 is 1.28. The van der Waals surface area contributed by atoms with Crippen LogP contribution in [0.25, 0.3) is 0 Å². The fourth-order valence-electron chi connectivity index (χ4n) is 1.47. The molecule has 7 heteroatoms. The molecule has 108 valence electrons. The molecule has 1 rings (SSSR count). The molecular formula is C12H20N2O4S. The second kappa shape index (κ2) is 5.83. The monoisotopic (exact) mass is 288 g/mol. The average molecular weight is 288 g/mol. The number of ether oxygens (including phenoxy) is 2. The van der Waals surface area contributed by atoms with E-state index in [1.165, 1.54) is 23.6 Å². The summed E-state index contributed by atoms with van der Waals surface area (Å²) in [5.74, 6) is -0.314. The number of carbonyl (C=O) groups is 2. The highest BCUT2D eigenvalue weighted by Gasteiger charge is 2.39. The Hall–Kier alpha value is -1.21. The molecule has 0 bridgehead atoms. The Morgan fingerprint density at radius 1 is 1.42 bits per heavy atom. The highest BCUT2D eigenvalue weighted by molar-refractivity contribution is 8.03. The lowest BCUT2D eigenvalue weighted by molar-refractivity contribution is -0.139. The molecule has 1 heterocycles. The molecular weight excluding hydrogens is 268 g/mol. The molecule has 1 amide bonds. The Kier molecular flexibility index (Phi) is 4.86. The molecule has 0 saturated carbocycles. The number of nitrogens with zero attached hydrogens (tertiary/aromatic N) is 1. The first-order valence-electron chi connectivity index (χ1n) is 6.01. The summed E-state index contributed by atoms with van der Waals surface area (Å²) < 4.78 is 10.4. The van der Waals surface area contributed by atoms with E-state index in [9.17, 15) is 9.59 Å². The van der Waals surface area contributed by atoms with Gasteiger partial charge in [0.25, 0.3) is 0 Å². The van der Waals surface area contributed by atoms with E-state index < -0.39 is 23.2 Å². The smallest absolute Gasteiger partial charge is 0.419 e. The Labute approximate surface area is 117 Å². The number of carbonyl (C=O) groups excluding carboxylic acids is 2. The highest BCUT2D eigenvalue weighted by atomic mass is 32.2. The first-order chi connectivity index (χ1) is 8.65. The molecule has 0 spiro atoms. The topological polar surface area (TPSA) is 81.9 Å². The Balaban J connectivity index is 2.98. The third-order valence-electron chi connectivity index (χ3n) is 2.13. The zero-order valence-corrected chi connectivity index (χ0v) is 12.7. The van der Waals surface area contributed by atoms with Crippen LogP contribution < -0.4 is 5.73 Å². The second-order valence-corrected chi connectivity index (χ2v) is 6.25. The maximum absolute atomic E-state index is 12.1. The Morgan fingerprint density at radius 3 is 2.42 bits per heavy atom. The van der Waals surface area contributed by atoms with Crippen LogP contribution in [-0.2, 0) is 14.3 Å². The molecule has 0 aromatic heterocycles. The lowest BCUT2D eigenvalue weighted by atomic mass is 10.2. The quantitative estimate of drug-likeness (QED) is 0.785. The van der Waals surface area contributed by atoms with Gasteiger partial charge in [-0.1, -0.05) is 18.7 Å². The van der Waals surface area contributed by atoms with Gasteiger partial charge in [0.2, 0.25) is 5.88 Å². The summed E-state index contributed by atoms with van der Waals surface area (Å²) in [6.07, 6.45) is 0.00694. The van der Waals surface area contributed by atoms with E-state index in [-0.39, 0.29) is 5.88 Å². The minimum atomic E-state index is -0.641. The van der Waals surface area contributed by atoms with Gasteiger partial charge in [-0.3, -0.25) is 4.79 Å². The lowest BCUT2D eigenvalue weighted by Crippen LogP contribution is -2.43. The zero-order valence-electron chi connectivity index (χ0n) is 11.9. The Bertz CT molecular complexity index is 414. The molecule has 0 fully saturated rings. The van der Waals surface area contributed by atoms with E-state index >= 15 is 0 Å². The van der Waals surface area contributed by atoms with Crippen molar-refractivity contribution in [2.45, 2.75) is 52.1 Å². The van der Waals surface area contributed by atoms with Crippen LogP contribution in [-0.4, -0.2) is 28.1 Å². The normalized spacial score (nSPS) is 19.7. The number of nitrogens with two attached hydrogens (primary N) is 1. The van der Waals surface area contributed by atoms with Gasteiger partial charge in [0, 0.05) is 11.8 Å². The molecule has 0 saturated heterocycles.